The first-order valence-electron chi connectivity index (χ1n) is 6.49. The minimum atomic E-state index is -0.212. The molecule has 1 heterocycles. The third-order valence-corrected chi connectivity index (χ3v) is 6.43. The number of halogens is 2. The Kier molecular flexibility index (Phi) is 5.41. The van der Waals surface area contributed by atoms with Crippen LogP contribution in [-0.2, 0) is 0 Å². The number of nitrogens with zero attached hydrogens (tertiary/aromatic N) is 1. The minimum Gasteiger partial charge on any atom is -0.392 e. The summed E-state index contributed by atoms with van der Waals surface area (Å²) in [5.41, 5.74) is 6.23. The third kappa shape index (κ3) is 3.31. The topological polar surface area (TPSA) is 46.3 Å². The van der Waals surface area contributed by atoms with Gasteiger partial charge in [-0.05, 0) is 31.2 Å². The molecule has 0 spiro atoms. The number of carbonyl (C=O) groups is 1. The summed E-state index contributed by atoms with van der Waals surface area (Å²) in [6, 6.07) is 5.07. The molecule has 2 rings (SSSR count). The number of carbonyl (C=O) groups excluding carboxylic acids is 1. The molecule has 0 aromatic heterocycles. The maximum absolute atomic E-state index is 12.6. The van der Waals surface area contributed by atoms with E-state index in [2.05, 4.69) is 0 Å². The van der Waals surface area contributed by atoms with E-state index in [1.807, 2.05) is 6.26 Å². The average molecular weight is 363 g/mol. The number of hydrogen-bond acceptors (Lipinski definition) is 3. The van der Waals surface area contributed by atoms with Gasteiger partial charge in [-0.1, -0.05) is 41.5 Å². The number of likely N-dealkylation sites (tertiary alicyclic amines) is 1. The SMILES string of the molecule is CSC1(C(N)=S)CCN(C(=O)c2c(Cl)cccc2Cl)CC1. The minimum absolute atomic E-state index is 0.136. The van der Waals surface area contributed by atoms with Crippen molar-refractivity contribution in [2.45, 2.75) is 17.6 Å². The standard InChI is InChI=1S/C14H16Cl2N2OS2/c1-21-14(13(17)20)5-7-18(8-6-14)12(19)11-9(15)3-2-4-10(11)16/h2-4H,5-8H2,1H3,(H2,17,20). The van der Waals surface area contributed by atoms with Gasteiger partial charge in [0.15, 0.2) is 0 Å². The second-order valence-electron chi connectivity index (χ2n) is 4.95. The second-order valence-corrected chi connectivity index (χ2v) is 7.40. The normalized spacial score (nSPS) is 17.6. The fraction of sp³-hybridized carbons (Fsp3) is 0.429. The molecule has 1 aliphatic heterocycles. The predicted molar refractivity (Wildman–Crippen MR) is 94.6 cm³/mol. The van der Waals surface area contributed by atoms with Crippen molar-refractivity contribution in [2.75, 3.05) is 19.3 Å². The number of rotatable bonds is 3. The lowest BCUT2D eigenvalue weighted by Gasteiger charge is -2.40. The molecule has 1 amide bonds. The molecule has 1 fully saturated rings. The molecule has 1 aliphatic rings. The van der Waals surface area contributed by atoms with Crippen molar-refractivity contribution in [2.24, 2.45) is 5.73 Å². The molecule has 0 aliphatic carbocycles. The van der Waals surface area contributed by atoms with Crippen LogP contribution < -0.4 is 5.73 Å². The van der Waals surface area contributed by atoms with Crippen LogP contribution in [0.3, 0.4) is 0 Å². The highest BCUT2D eigenvalue weighted by molar-refractivity contribution is 8.02. The molecule has 2 N–H and O–H groups in total. The van der Waals surface area contributed by atoms with E-state index in [1.165, 1.54) is 0 Å². The number of hydrogen-bond donors (Lipinski definition) is 1. The van der Waals surface area contributed by atoms with Gasteiger partial charge in [0.2, 0.25) is 0 Å². The second kappa shape index (κ2) is 6.73. The number of piperidine rings is 1. The Morgan fingerprint density at radius 1 is 1.33 bits per heavy atom. The van der Waals surface area contributed by atoms with Crippen LogP contribution in [0.2, 0.25) is 10.0 Å². The van der Waals surface area contributed by atoms with Crippen LogP contribution in [0, 0.1) is 0 Å². The molecule has 3 nitrogen and oxygen atoms in total. The molecule has 21 heavy (non-hydrogen) atoms. The number of benzene rings is 1. The number of thioether (sulfide) groups is 1. The molecule has 0 unspecified atom stereocenters. The zero-order valence-corrected chi connectivity index (χ0v) is 14.7. The van der Waals surface area contributed by atoms with Gasteiger partial charge >= 0.3 is 0 Å². The van der Waals surface area contributed by atoms with Gasteiger partial charge in [0.1, 0.15) is 0 Å². The average Bonchev–Trinajstić information content (AvgIpc) is 2.46. The maximum atomic E-state index is 12.6. The largest absolute Gasteiger partial charge is 0.392 e. The van der Waals surface area contributed by atoms with Gasteiger partial charge in [-0.3, -0.25) is 4.79 Å². The van der Waals surface area contributed by atoms with Crippen molar-refractivity contribution < 1.29 is 4.79 Å². The van der Waals surface area contributed by atoms with E-state index in [9.17, 15) is 4.79 Å². The summed E-state index contributed by atoms with van der Waals surface area (Å²) < 4.78 is -0.212. The highest BCUT2D eigenvalue weighted by Crippen LogP contribution is 2.36. The quantitative estimate of drug-likeness (QED) is 0.834. The van der Waals surface area contributed by atoms with Gasteiger partial charge < -0.3 is 10.6 Å². The van der Waals surface area contributed by atoms with Crippen molar-refractivity contribution in [1.29, 1.82) is 0 Å². The first-order valence-corrected chi connectivity index (χ1v) is 8.88. The molecule has 0 saturated carbocycles. The van der Waals surface area contributed by atoms with Crippen molar-refractivity contribution in [3.63, 3.8) is 0 Å². The van der Waals surface area contributed by atoms with Crippen molar-refractivity contribution in [3.05, 3.63) is 33.8 Å². The smallest absolute Gasteiger partial charge is 0.256 e. The summed E-state index contributed by atoms with van der Waals surface area (Å²) in [4.78, 5) is 14.9. The van der Waals surface area contributed by atoms with Crippen LogP contribution >= 0.6 is 47.2 Å². The maximum Gasteiger partial charge on any atom is 0.256 e. The fourth-order valence-corrected chi connectivity index (χ4v) is 4.29. The Morgan fingerprint density at radius 3 is 2.29 bits per heavy atom. The summed E-state index contributed by atoms with van der Waals surface area (Å²) in [5.74, 6) is -0.136. The molecule has 0 atom stereocenters. The molecule has 114 valence electrons. The molecular weight excluding hydrogens is 347 g/mol. The molecule has 0 bridgehead atoms. The fourth-order valence-electron chi connectivity index (χ4n) is 2.48. The van der Waals surface area contributed by atoms with Crippen molar-refractivity contribution >= 4 is 58.1 Å². The van der Waals surface area contributed by atoms with Gasteiger partial charge in [-0.2, -0.15) is 11.8 Å². The molecule has 1 aromatic carbocycles. The van der Waals surface area contributed by atoms with E-state index in [0.717, 1.165) is 12.8 Å². The van der Waals surface area contributed by atoms with Crippen LogP contribution in [0.15, 0.2) is 18.2 Å². The predicted octanol–water partition coefficient (Wildman–Crippen LogP) is 3.62. The van der Waals surface area contributed by atoms with Crippen LogP contribution in [0.1, 0.15) is 23.2 Å². The van der Waals surface area contributed by atoms with Crippen LogP contribution in [-0.4, -0.2) is 39.9 Å². The van der Waals surface area contributed by atoms with Crippen LogP contribution in [0.4, 0.5) is 0 Å². The zero-order chi connectivity index (χ0) is 15.6. The van der Waals surface area contributed by atoms with E-state index in [4.69, 9.17) is 41.2 Å². The third-order valence-electron chi connectivity index (χ3n) is 3.87. The highest BCUT2D eigenvalue weighted by atomic mass is 35.5. The Hall–Kier alpha value is -0.490. The monoisotopic (exact) mass is 362 g/mol. The number of amides is 1. The summed E-state index contributed by atoms with van der Waals surface area (Å²) in [6.45, 7) is 1.19. The zero-order valence-electron chi connectivity index (χ0n) is 11.6. The van der Waals surface area contributed by atoms with E-state index < -0.39 is 0 Å². The van der Waals surface area contributed by atoms with Gasteiger partial charge in [0.25, 0.3) is 5.91 Å². The summed E-state index contributed by atoms with van der Waals surface area (Å²) in [5, 5.41) is 0.757. The lowest BCUT2D eigenvalue weighted by atomic mass is 9.95. The van der Waals surface area contributed by atoms with E-state index >= 15 is 0 Å². The Bertz CT molecular complexity index is 552. The Morgan fingerprint density at radius 2 is 1.86 bits per heavy atom. The summed E-state index contributed by atoms with van der Waals surface area (Å²) >= 11 is 19.0. The molecule has 1 saturated heterocycles. The van der Waals surface area contributed by atoms with Gasteiger partial charge in [0.05, 0.1) is 25.3 Å². The molecule has 0 radical (unpaired) electrons. The van der Waals surface area contributed by atoms with E-state index in [0.29, 0.717) is 33.7 Å². The van der Waals surface area contributed by atoms with Gasteiger partial charge in [-0.25, -0.2) is 0 Å². The molecular formula is C14H16Cl2N2OS2. The van der Waals surface area contributed by atoms with Crippen molar-refractivity contribution in [3.8, 4) is 0 Å². The summed E-state index contributed by atoms with van der Waals surface area (Å²) in [6.07, 6.45) is 3.50. The van der Waals surface area contributed by atoms with Crippen LogP contribution in [0.25, 0.3) is 0 Å². The number of nitrogens with two attached hydrogens (primary N) is 1. The lowest BCUT2D eigenvalue weighted by Crippen LogP contribution is -2.50. The molecule has 7 heteroatoms. The first-order chi connectivity index (χ1) is 9.91. The van der Waals surface area contributed by atoms with Crippen LogP contribution in [0.5, 0.6) is 0 Å². The Balaban J connectivity index is 2.16. The lowest BCUT2D eigenvalue weighted by molar-refractivity contribution is 0.0719. The van der Waals surface area contributed by atoms with Gasteiger partial charge in [-0.15, -0.1) is 0 Å². The highest BCUT2D eigenvalue weighted by Gasteiger charge is 2.38. The van der Waals surface area contributed by atoms with Crippen molar-refractivity contribution in [1.82, 2.24) is 4.90 Å². The number of thiocarbonyl (C=S) groups is 1. The summed E-state index contributed by atoms with van der Waals surface area (Å²) in [7, 11) is 0. The Labute approximate surface area is 144 Å². The van der Waals surface area contributed by atoms with E-state index in [-0.39, 0.29) is 10.7 Å². The first kappa shape index (κ1) is 16.9. The molecule has 1 aromatic rings. The van der Waals surface area contributed by atoms with Gasteiger partial charge in [0, 0.05) is 13.1 Å². The van der Waals surface area contributed by atoms with E-state index in [1.54, 1.807) is 34.9 Å².